The maximum absolute atomic E-state index is 9.64. The van der Waals surface area contributed by atoms with Gasteiger partial charge < -0.3 is 5.11 Å². The Hall–Kier alpha value is 0.310. The van der Waals surface area contributed by atoms with E-state index >= 15 is 0 Å². The van der Waals surface area contributed by atoms with Crippen molar-refractivity contribution >= 4 is 11.8 Å². The smallest absolute Gasteiger partial charge is 0.0586 e. The van der Waals surface area contributed by atoms with Crippen LogP contribution in [0.5, 0.6) is 0 Å². The average Bonchev–Trinajstić information content (AvgIpc) is 1.96. The normalized spacial score (nSPS) is 45.8. The molecule has 1 aliphatic heterocycles. The summed E-state index contributed by atoms with van der Waals surface area (Å²) in [5.41, 5.74) is 0. The number of aliphatic hydroxyl groups is 1. The van der Waals surface area contributed by atoms with Gasteiger partial charge in [0, 0.05) is 10.5 Å². The molecule has 1 heterocycles. The summed E-state index contributed by atoms with van der Waals surface area (Å²) >= 11 is 2.04. The van der Waals surface area contributed by atoms with Gasteiger partial charge in [-0.05, 0) is 18.8 Å². The van der Waals surface area contributed by atoms with Crippen molar-refractivity contribution in [2.24, 2.45) is 5.92 Å². The molecule has 0 aromatic rings. The molecule has 0 radical (unpaired) electrons. The van der Waals surface area contributed by atoms with Crippen LogP contribution in [0.4, 0.5) is 0 Å². The predicted molar refractivity (Wildman–Crippen MR) is 50.9 cm³/mol. The minimum Gasteiger partial charge on any atom is -0.393 e. The van der Waals surface area contributed by atoms with Crippen LogP contribution in [0.1, 0.15) is 33.6 Å². The highest BCUT2D eigenvalue weighted by molar-refractivity contribution is 8.00. The Balaban J connectivity index is 2.51. The van der Waals surface area contributed by atoms with Crippen LogP contribution in [0.2, 0.25) is 0 Å². The van der Waals surface area contributed by atoms with Crippen LogP contribution in [0, 0.1) is 5.92 Å². The highest BCUT2D eigenvalue weighted by atomic mass is 32.2. The fourth-order valence-electron chi connectivity index (χ4n) is 1.75. The maximum Gasteiger partial charge on any atom is 0.0586 e. The van der Waals surface area contributed by atoms with E-state index < -0.39 is 0 Å². The van der Waals surface area contributed by atoms with Gasteiger partial charge in [0.15, 0.2) is 0 Å². The summed E-state index contributed by atoms with van der Waals surface area (Å²) in [7, 11) is 0. The van der Waals surface area contributed by atoms with E-state index in [0.717, 1.165) is 6.42 Å². The monoisotopic (exact) mass is 174 g/mol. The summed E-state index contributed by atoms with van der Waals surface area (Å²) in [6, 6.07) is 0. The van der Waals surface area contributed by atoms with Crippen molar-refractivity contribution in [2.75, 3.05) is 0 Å². The van der Waals surface area contributed by atoms with Gasteiger partial charge in [-0.2, -0.15) is 11.8 Å². The first-order valence-electron chi connectivity index (χ1n) is 4.48. The van der Waals surface area contributed by atoms with Gasteiger partial charge in [0.25, 0.3) is 0 Å². The Morgan fingerprint density at radius 1 is 1.45 bits per heavy atom. The minimum atomic E-state index is -0.0591. The van der Waals surface area contributed by atoms with Gasteiger partial charge in [0.1, 0.15) is 0 Å². The van der Waals surface area contributed by atoms with Gasteiger partial charge in [-0.15, -0.1) is 0 Å². The van der Waals surface area contributed by atoms with Crippen LogP contribution in [-0.2, 0) is 0 Å². The summed E-state index contributed by atoms with van der Waals surface area (Å²) < 4.78 is 0. The number of thioether (sulfide) groups is 1. The van der Waals surface area contributed by atoms with Gasteiger partial charge in [0.2, 0.25) is 0 Å². The van der Waals surface area contributed by atoms with Crippen LogP contribution < -0.4 is 0 Å². The number of rotatable bonds is 1. The fourth-order valence-corrected chi connectivity index (χ4v) is 3.28. The summed E-state index contributed by atoms with van der Waals surface area (Å²) in [6.07, 6.45) is 2.10. The predicted octanol–water partition coefficient (Wildman–Crippen LogP) is 2.29. The molecule has 0 bridgehead atoms. The standard InChI is InChI=1S/C9H18OS/c1-4-9-7(3)8(10)5-6(2)11-9/h6-10H,4-5H2,1-3H3. The molecule has 0 aromatic heterocycles. The molecular weight excluding hydrogens is 156 g/mol. The van der Waals surface area contributed by atoms with Crippen molar-refractivity contribution in [3.8, 4) is 0 Å². The Morgan fingerprint density at radius 3 is 2.64 bits per heavy atom. The lowest BCUT2D eigenvalue weighted by Gasteiger charge is -2.35. The molecule has 4 unspecified atom stereocenters. The molecule has 0 amide bonds. The molecule has 0 saturated carbocycles. The third-order valence-electron chi connectivity index (χ3n) is 2.58. The van der Waals surface area contributed by atoms with E-state index in [4.69, 9.17) is 0 Å². The fraction of sp³-hybridized carbons (Fsp3) is 1.00. The number of hydrogen-bond donors (Lipinski definition) is 1. The molecule has 1 N–H and O–H groups in total. The van der Waals surface area contributed by atoms with Crippen LogP contribution in [-0.4, -0.2) is 21.7 Å². The highest BCUT2D eigenvalue weighted by Crippen LogP contribution is 2.37. The first-order chi connectivity index (χ1) is 5.15. The number of aliphatic hydroxyl groups excluding tert-OH is 1. The summed E-state index contributed by atoms with van der Waals surface area (Å²) in [4.78, 5) is 0. The van der Waals surface area contributed by atoms with Gasteiger partial charge >= 0.3 is 0 Å². The lowest BCUT2D eigenvalue weighted by atomic mass is 9.95. The van der Waals surface area contributed by atoms with Crippen molar-refractivity contribution in [1.29, 1.82) is 0 Å². The second kappa shape index (κ2) is 3.81. The van der Waals surface area contributed by atoms with Gasteiger partial charge in [-0.25, -0.2) is 0 Å². The first-order valence-corrected chi connectivity index (χ1v) is 5.43. The Morgan fingerprint density at radius 2 is 2.09 bits per heavy atom. The van der Waals surface area contributed by atoms with Crippen LogP contribution in [0.15, 0.2) is 0 Å². The molecule has 11 heavy (non-hydrogen) atoms. The Kier molecular flexibility index (Phi) is 3.26. The zero-order chi connectivity index (χ0) is 8.43. The van der Waals surface area contributed by atoms with E-state index in [2.05, 4.69) is 20.8 Å². The van der Waals surface area contributed by atoms with Crippen LogP contribution in [0.3, 0.4) is 0 Å². The zero-order valence-corrected chi connectivity index (χ0v) is 8.40. The SMILES string of the molecule is CCC1SC(C)CC(O)C1C. The second-order valence-electron chi connectivity index (χ2n) is 3.56. The molecule has 2 heteroatoms. The topological polar surface area (TPSA) is 20.2 Å². The second-order valence-corrected chi connectivity index (χ2v) is 5.24. The molecule has 4 atom stereocenters. The van der Waals surface area contributed by atoms with Crippen molar-refractivity contribution in [3.63, 3.8) is 0 Å². The lowest BCUT2D eigenvalue weighted by Crippen LogP contribution is -2.35. The summed E-state index contributed by atoms with van der Waals surface area (Å²) in [5, 5.41) is 11.0. The first kappa shape index (κ1) is 9.40. The third-order valence-corrected chi connectivity index (χ3v) is 4.35. The van der Waals surface area contributed by atoms with Crippen molar-refractivity contribution < 1.29 is 5.11 Å². The maximum atomic E-state index is 9.64. The molecule has 1 aliphatic rings. The summed E-state index contributed by atoms with van der Waals surface area (Å²) in [6.45, 7) is 6.58. The molecule has 0 aliphatic carbocycles. The quantitative estimate of drug-likeness (QED) is 0.658. The van der Waals surface area contributed by atoms with Gasteiger partial charge in [0.05, 0.1) is 6.10 Å². The zero-order valence-electron chi connectivity index (χ0n) is 7.58. The average molecular weight is 174 g/mol. The highest BCUT2D eigenvalue weighted by Gasteiger charge is 2.31. The summed E-state index contributed by atoms with van der Waals surface area (Å²) in [5.74, 6) is 0.487. The van der Waals surface area contributed by atoms with E-state index in [1.54, 1.807) is 0 Å². The molecule has 66 valence electrons. The van der Waals surface area contributed by atoms with Gasteiger partial charge in [-0.1, -0.05) is 20.8 Å². The van der Waals surface area contributed by atoms with Crippen molar-refractivity contribution in [3.05, 3.63) is 0 Å². The minimum absolute atomic E-state index is 0.0591. The van der Waals surface area contributed by atoms with Crippen molar-refractivity contribution in [1.82, 2.24) is 0 Å². The Labute approximate surface area is 73.6 Å². The van der Waals surface area contributed by atoms with Crippen LogP contribution >= 0.6 is 11.8 Å². The van der Waals surface area contributed by atoms with Crippen LogP contribution in [0.25, 0.3) is 0 Å². The van der Waals surface area contributed by atoms with E-state index in [1.807, 2.05) is 11.8 Å². The van der Waals surface area contributed by atoms with E-state index in [0.29, 0.717) is 16.4 Å². The lowest BCUT2D eigenvalue weighted by molar-refractivity contribution is 0.100. The largest absolute Gasteiger partial charge is 0.393 e. The van der Waals surface area contributed by atoms with Gasteiger partial charge in [-0.3, -0.25) is 0 Å². The molecule has 1 saturated heterocycles. The molecule has 1 fully saturated rings. The van der Waals surface area contributed by atoms with E-state index in [1.165, 1.54) is 6.42 Å². The molecule has 0 aromatic carbocycles. The van der Waals surface area contributed by atoms with E-state index in [9.17, 15) is 5.11 Å². The number of hydrogen-bond acceptors (Lipinski definition) is 2. The Bertz CT molecular complexity index is 127. The molecular formula is C9H18OS. The van der Waals surface area contributed by atoms with Crippen molar-refractivity contribution in [2.45, 2.75) is 50.2 Å². The molecule has 0 spiro atoms. The molecule has 1 nitrogen and oxygen atoms in total. The van der Waals surface area contributed by atoms with E-state index in [-0.39, 0.29) is 6.10 Å². The third kappa shape index (κ3) is 2.12. The molecule has 1 rings (SSSR count).